The third kappa shape index (κ3) is 7.46. The monoisotopic (exact) mass is 588 g/mol. The van der Waals surface area contributed by atoms with Crippen LogP contribution >= 0.6 is 0 Å². The van der Waals surface area contributed by atoms with Crippen LogP contribution in [0.1, 0.15) is 72.1 Å². The standard InChI is InChI=1S/C29H40N4O7S/c1-28(2,3)40-27(37)30-22-16-11-6-4-5-8-13-20-19-29(20,31-24(34)23-17-12-18-33(23)25(22)35)26(36)32-41(38,39)21-14-9-7-10-15-21/h7-10,13-15,20,22-23H,4-6,11-12,16-19H2,1-3H3,(H,30,37)(H,31,34)(H,32,36)/b13-8-. The Bertz CT molecular complexity index is 1290. The van der Waals surface area contributed by atoms with Gasteiger partial charge in [0.05, 0.1) is 4.90 Å². The number of allylic oxidation sites excluding steroid dienone is 1. The average molecular weight is 589 g/mol. The van der Waals surface area contributed by atoms with Crippen molar-refractivity contribution in [3.05, 3.63) is 42.5 Å². The molecule has 4 amide bonds. The van der Waals surface area contributed by atoms with Gasteiger partial charge < -0.3 is 20.3 Å². The number of nitrogens with zero attached hydrogens (tertiary/aromatic N) is 1. The summed E-state index contributed by atoms with van der Waals surface area (Å²) in [6, 6.07) is 5.85. The molecule has 3 aliphatic rings. The number of carbonyl (C=O) groups excluding carboxylic acids is 4. The van der Waals surface area contributed by atoms with Gasteiger partial charge in [-0.05, 0) is 71.4 Å². The lowest BCUT2D eigenvalue weighted by Gasteiger charge is -2.30. The van der Waals surface area contributed by atoms with Crippen LogP contribution < -0.4 is 15.4 Å². The number of nitrogens with one attached hydrogen (secondary N) is 3. The van der Waals surface area contributed by atoms with E-state index < -0.39 is 51.2 Å². The van der Waals surface area contributed by atoms with Gasteiger partial charge in [0.15, 0.2) is 0 Å². The van der Waals surface area contributed by atoms with Crippen molar-refractivity contribution in [2.24, 2.45) is 5.92 Å². The Balaban J connectivity index is 1.56. The summed E-state index contributed by atoms with van der Waals surface area (Å²) in [4.78, 5) is 54.7. The highest BCUT2D eigenvalue weighted by Crippen LogP contribution is 2.45. The maximum absolute atomic E-state index is 13.7. The van der Waals surface area contributed by atoms with Crippen molar-refractivity contribution in [2.45, 2.75) is 100 Å². The molecule has 0 aromatic heterocycles. The number of amides is 4. The van der Waals surface area contributed by atoms with E-state index in [9.17, 15) is 27.6 Å². The van der Waals surface area contributed by atoms with Gasteiger partial charge in [-0.15, -0.1) is 0 Å². The third-order valence-corrected chi connectivity index (χ3v) is 8.95. The summed E-state index contributed by atoms with van der Waals surface area (Å²) in [6.45, 7) is 5.54. The van der Waals surface area contributed by atoms with E-state index in [0.717, 1.165) is 19.3 Å². The van der Waals surface area contributed by atoms with Gasteiger partial charge in [0.1, 0.15) is 23.2 Å². The second kappa shape index (κ2) is 12.2. The molecule has 224 valence electrons. The van der Waals surface area contributed by atoms with Gasteiger partial charge in [0.25, 0.3) is 15.9 Å². The van der Waals surface area contributed by atoms with Crippen LogP contribution in [0.4, 0.5) is 4.79 Å². The van der Waals surface area contributed by atoms with E-state index in [2.05, 4.69) is 15.4 Å². The number of alkyl carbamates (subject to hydrolysis) is 1. The molecule has 1 saturated heterocycles. The smallest absolute Gasteiger partial charge is 0.408 e. The van der Waals surface area contributed by atoms with Crippen LogP contribution in [-0.4, -0.2) is 66.9 Å². The molecule has 0 bridgehead atoms. The summed E-state index contributed by atoms with van der Waals surface area (Å²) in [5, 5.41) is 5.52. The topological polar surface area (TPSA) is 151 Å². The molecule has 1 aliphatic carbocycles. The van der Waals surface area contributed by atoms with Crippen LogP contribution in [0.15, 0.2) is 47.4 Å². The maximum Gasteiger partial charge on any atom is 0.408 e. The molecule has 0 spiro atoms. The maximum atomic E-state index is 13.7. The van der Waals surface area contributed by atoms with Crippen molar-refractivity contribution in [3.63, 3.8) is 0 Å². The molecule has 3 N–H and O–H groups in total. The van der Waals surface area contributed by atoms with Crippen molar-refractivity contribution in [1.82, 2.24) is 20.3 Å². The highest BCUT2D eigenvalue weighted by molar-refractivity contribution is 7.90. The van der Waals surface area contributed by atoms with Gasteiger partial charge in [-0.2, -0.15) is 0 Å². The van der Waals surface area contributed by atoms with E-state index in [0.29, 0.717) is 32.2 Å². The number of hydrogen-bond donors (Lipinski definition) is 3. The first-order valence-corrected chi connectivity index (χ1v) is 15.7. The SMILES string of the molecule is CC(C)(C)OC(=O)NC1CCCCC/C=C\C2CC2(C(=O)NS(=O)(=O)c2ccccc2)NC(=O)C2CCCN2C1=O. The largest absolute Gasteiger partial charge is 0.444 e. The number of rotatable bonds is 4. The minimum absolute atomic E-state index is 0.0583. The Morgan fingerprint density at radius 1 is 1.05 bits per heavy atom. The molecular formula is C29H40N4O7S. The van der Waals surface area contributed by atoms with E-state index in [1.807, 2.05) is 12.2 Å². The summed E-state index contributed by atoms with van der Waals surface area (Å²) < 4.78 is 33.3. The Hall–Kier alpha value is -3.41. The Labute approximate surface area is 241 Å². The fourth-order valence-electron chi connectivity index (χ4n) is 5.42. The quantitative estimate of drug-likeness (QED) is 0.458. The molecule has 0 radical (unpaired) electrons. The molecule has 4 atom stereocenters. The van der Waals surface area contributed by atoms with Gasteiger partial charge in [0, 0.05) is 12.5 Å². The average Bonchev–Trinajstić information content (AvgIpc) is 3.36. The normalized spacial score (nSPS) is 28.2. The zero-order valence-electron chi connectivity index (χ0n) is 23.9. The zero-order valence-corrected chi connectivity index (χ0v) is 24.7. The number of sulfonamides is 1. The fourth-order valence-corrected chi connectivity index (χ4v) is 6.47. The molecule has 2 heterocycles. The zero-order chi connectivity index (χ0) is 29.8. The number of ether oxygens (including phenoxy) is 1. The predicted octanol–water partition coefficient (Wildman–Crippen LogP) is 2.77. The summed E-state index contributed by atoms with van der Waals surface area (Å²) in [5.41, 5.74) is -2.18. The highest BCUT2D eigenvalue weighted by Gasteiger charge is 2.61. The van der Waals surface area contributed by atoms with E-state index in [1.165, 1.54) is 17.0 Å². The molecule has 2 fully saturated rings. The predicted molar refractivity (Wildman–Crippen MR) is 151 cm³/mol. The molecule has 12 heteroatoms. The molecule has 4 rings (SSSR count). The molecule has 2 aliphatic heterocycles. The number of hydrogen-bond acceptors (Lipinski definition) is 7. The summed E-state index contributed by atoms with van der Waals surface area (Å²) in [6.07, 6.45) is 7.77. The lowest BCUT2D eigenvalue weighted by molar-refractivity contribution is -0.141. The first kappa shape index (κ1) is 30.5. The summed E-state index contributed by atoms with van der Waals surface area (Å²) in [7, 11) is -4.15. The molecule has 4 unspecified atom stereocenters. The molecular weight excluding hydrogens is 548 g/mol. The lowest BCUT2D eigenvalue weighted by Crippen LogP contribution is -2.58. The van der Waals surface area contributed by atoms with Crippen molar-refractivity contribution in [1.29, 1.82) is 0 Å². The minimum atomic E-state index is -4.15. The van der Waals surface area contributed by atoms with Crippen LogP contribution in [0.25, 0.3) is 0 Å². The van der Waals surface area contributed by atoms with Crippen molar-refractivity contribution in [3.8, 4) is 0 Å². The van der Waals surface area contributed by atoms with Crippen molar-refractivity contribution < 1.29 is 32.3 Å². The first-order chi connectivity index (χ1) is 19.3. The number of fused-ring (bicyclic) bond motifs is 2. The number of carbonyl (C=O) groups is 4. The van der Waals surface area contributed by atoms with Crippen LogP contribution in [0.3, 0.4) is 0 Å². The Kier molecular flexibility index (Phi) is 9.10. The van der Waals surface area contributed by atoms with Gasteiger partial charge in [-0.25, -0.2) is 17.9 Å². The third-order valence-electron chi connectivity index (χ3n) is 7.61. The Morgan fingerprint density at radius 2 is 1.78 bits per heavy atom. The van der Waals surface area contributed by atoms with Gasteiger partial charge in [0.2, 0.25) is 11.8 Å². The van der Waals surface area contributed by atoms with Crippen molar-refractivity contribution >= 4 is 33.8 Å². The Morgan fingerprint density at radius 3 is 2.49 bits per heavy atom. The van der Waals surface area contributed by atoms with E-state index in [1.54, 1.807) is 39.0 Å². The molecule has 41 heavy (non-hydrogen) atoms. The van der Waals surface area contributed by atoms with Crippen molar-refractivity contribution in [2.75, 3.05) is 6.54 Å². The van der Waals surface area contributed by atoms with Crippen LogP contribution in [0, 0.1) is 5.92 Å². The minimum Gasteiger partial charge on any atom is -0.444 e. The van der Waals surface area contributed by atoms with Gasteiger partial charge in [-0.3, -0.25) is 14.4 Å². The molecule has 1 saturated carbocycles. The van der Waals surface area contributed by atoms with Gasteiger partial charge >= 0.3 is 6.09 Å². The van der Waals surface area contributed by atoms with Gasteiger partial charge in [-0.1, -0.05) is 43.2 Å². The second-order valence-electron chi connectivity index (χ2n) is 12.0. The van der Waals surface area contributed by atoms with E-state index in [-0.39, 0.29) is 23.1 Å². The first-order valence-electron chi connectivity index (χ1n) is 14.2. The second-order valence-corrected chi connectivity index (χ2v) is 13.7. The lowest BCUT2D eigenvalue weighted by atomic mass is 10.0. The molecule has 1 aromatic rings. The van der Waals surface area contributed by atoms with E-state index in [4.69, 9.17) is 4.74 Å². The van der Waals surface area contributed by atoms with E-state index >= 15 is 0 Å². The number of benzene rings is 1. The van der Waals surface area contributed by atoms with Crippen LogP contribution in [0.2, 0.25) is 0 Å². The summed E-state index contributed by atoms with van der Waals surface area (Å²) in [5.74, 6) is -2.09. The van der Waals surface area contributed by atoms with Crippen LogP contribution in [-0.2, 0) is 29.1 Å². The highest BCUT2D eigenvalue weighted by atomic mass is 32.2. The summed E-state index contributed by atoms with van der Waals surface area (Å²) >= 11 is 0. The molecule has 1 aromatic carbocycles. The molecule has 11 nitrogen and oxygen atoms in total. The fraction of sp³-hybridized carbons (Fsp3) is 0.586. The van der Waals surface area contributed by atoms with Crippen LogP contribution in [0.5, 0.6) is 0 Å².